The normalized spacial score (nSPS) is 10.5. The zero-order valence-electron chi connectivity index (χ0n) is 10.1. The summed E-state index contributed by atoms with van der Waals surface area (Å²) in [6.07, 6.45) is 0. The molecule has 1 heterocycles. The second-order valence-corrected chi connectivity index (χ2v) is 4.19. The Morgan fingerprint density at radius 1 is 1.40 bits per heavy atom. The van der Waals surface area contributed by atoms with Crippen LogP contribution in [0, 0.1) is 5.92 Å². The van der Waals surface area contributed by atoms with Gasteiger partial charge in [0.15, 0.2) is 0 Å². The molecule has 15 heavy (non-hydrogen) atoms. The molecule has 0 aromatic carbocycles. The van der Waals surface area contributed by atoms with E-state index in [0.717, 1.165) is 24.7 Å². The predicted octanol–water partition coefficient (Wildman–Crippen LogP) is 2.61. The number of nitrogens with one attached hydrogen (secondary N) is 1. The van der Waals surface area contributed by atoms with E-state index in [4.69, 9.17) is 0 Å². The molecule has 84 valence electrons. The van der Waals surface area contributed by atoms with E-state index in [1.54, 1.807) is 0 Å². The molecular formula is C12H21N3. The lowest BCUT2D eigenvalue weighted by molar-refractivity contribution is 0.635. The first-order valence-corrected chi connectivity index (χ1v) is 5.55. The summed E-state index contributed by atoms with van der Waals surface area (Å²) in [6.45, 7) is 8.44. The highest BCUT2D eigenvalue weighted by Gasteiger charge is 2.04. The van der Waals surface area contributed by atoms with Crippen LogP contribution in [0.2, 0.25) is 0 Å². The number of pyridine rings is 1. The third-order valence-corrected chi connectivity index (χ3v) is 2.12. The molecule has 0 unspecified atom stereocenters. The largest absolute Gasteiger partial charge is 0.370 e. The maximum Gasteiger partial charge on any atom is 0.130 e. The van der Waals surface area contributed by atoms with Crippen LogP contribution >= 0.6 is 0 Å². The second kappa shape index (κ2) is 5.59. The molecule has 3 nitrogen and oxygen atoms in total. The fourth-order valence-corrected chi connectivity index (χ4v) is 1.56. The van der Waals surface area contributed by atoms with E-state index in [9.17, 15) is 0 Å². The van der Waals surface area contributed by atoms with Crippen LogP contribution in [0.5, 0.6) is 0 Å². The molecule has 1 aromatic heterocycles. The first-order chi connectivity index (χ1) is 7.13. The van der Waals surface area contributed by atoms with Gasteiger partial charge in [0, 0.05) is 20.1 Å². The maximum atomic E-state index is 4.53. The number of rotatable bonds is 5. The Hall–Kier alpha value is -1.25. The summed E-state index contributed by atoms with van der Waals surface area (Å²) in [5.74, 6) is 2.63. The molecule has 0 saturated carbocycles. The quantitative estimate of drug-likeness (QED) is 0.804. The highest BCUT2D eigenvalue weighted by molar-refractivity contribution is 5.46. The smallest absolute Gasteiger partial charge is 0.130 e. The molecule has 0 bridgehead atoms. The van der Waals surface area contributed by atoms with Crippen molar-refractivity contribution in [2.45, 2.75) is 20.8 Å². The highest BCUT2D eigenvalue weighted by Crippen LogP contribution is 2.13. The van der Waals surface area contributed by atoms with Crippen LogP contribution in [0.3, 0.4) is 0 Å². The van der Waals surface area contributed by atoms with Gasteiger partial charge in [-0.25, -0.2) is 4.98 Å². The van der Waals surface area contributed by atoms with Crippen molar-refractivity contribution in [1.82, 2.24) is 4.98 Å². The van der Waals surface area contributed by atoms with Crippen LogP contribution in [0.25, 0.3) is 0 Å². The van der Waals surface area contributed by atoms with Gasteiger partial charge in [-0.05, 0) is 25.0 Å². The Labute approximate surface area is 92.5 Å². The summed E-state index contributed by atoms with van der Waals surface area (Å²) >= 11 is 0. The number of hydrogen-bond donors (Lipinski definition) is 1. The van der Waals surface area contributed by atoms with E-state index in [-0.39, 0.29) is 0 Å². The minimum atomic E-state index is 0.652. The molecule has 1 aromatic rings. The van der Waals surface area contributed by atoms with Gasteiger partial charge in [-0.2, -0.15) is 0 Å². The third kappa shape index (κ3) is 3.78. The Bertz CT molecular complexity index is 297. The first-order valence-electron chi connectivity index (χ1n) is 5.55. The van der Waals surface area contributed by atoms with Crippen LogP contribution < -0.4 is 10.2 Å². The van der Waals surface area contributed by atoms with Crippen LogP contribution in [0.15, 0.2) is 18.2 Å². The van der Waals surface area contributed by atoms with Crippen molar-refractivity contribution in [3.8, 4) is 0 Å². The monoisotopic (exact) mass is 207 g/mol. The van der Waals surface area contributed by atoms with Gasteiger partial charge >= 0.3 is 0 Å². The van der Waals surface area contributed by atoms with Crippen molar-refractivity contribution in [3.05, 3.63) is 18.2 Å². The van der Waals surface area contributed by atoms with Gasteiger partial charge in [0.25, 0.3) is 0 Å². The number of hydrogen-bond acceptors (Lipinski definition) is 3. The standard InChI is InChI=1S/C12H21N3/c1-5-13-11-7-6-8-12(14-11)15(4)9-10(2)3/h6-8,10H,5,9H2,1-4H3,(H,13,14). The molecule has 1 N–H and O–H groups in total. The van der Waals surface area contributed by atoms with Crippen molar-refractivity contribution in [2.24, 2.45) is 5.92 Å². The van der Waals surface area contributed by atoms with E-state index in [1.807, 2.05) is 18.2 Å². The molecule has 3 heteroatoms. The molecule has 0 spiro atoms. The van der Waals surface area contributed by atoms with Crippen LogP contribution in [0.4, 0.5) is 11.6 Å². The lowest BCUT2D eigenvalue weighted by Gasteiger charge is -2.20. The number of nitrogens with zero attached hydrogens (tertiary/aromatic N) is 2. The minimum Gasteiger partial charge on any atom is -0.370 e. The summed E-state index contributed by atoms with van der Waals surface area (Å²) in [6, 6.07) is 6.08. The number of anilines is 2. The van der Waals surface area contributed by atoms with Crippen LogP contribution in [-0.4, -0.2) is 25.1 Å². The topological polar surface area (TPSA) is 28.2 Å². The van der Waals surface area contributed by atoms with Crippen molar-refractivity contribution in [2.75, 3.05) is 30.4 Å². The maximum absolute atomic E-state index is 4.53. The van der Waals surface area contributed by atoms with Gasteiger partial charge in [0.1, 0.15) is 11.6 Å². The average Bonchev–Trinajstić information content (AvgIpc) is 2.17. The van der Waals surface area contributed by atoms with Gasteiger partial charge in [0.05, 0.1) is 0 Å². The molecular weight excluding hydrogens is 186 g/mol. The number of aromatic nitrogens is 1. The second-order valence-electron chi connectivity index (χ2n) is 4.19. The van der Waals surface area contributed by atoms with Gasteiger partial charge in [-0.3, -0.25) is 0 Å². The Morgan fingerprint density at radius 2 is 2.13 bits per heavy atom. The summed E-state index contributed by atoms with van der Waals surface area (Å²) in [5.41, 5.74) is 0. The fraction of sp³-hybridized carbons (Fsp3) is 0.583. The molecule has 0 radical (unpaired) electrons. The van der Waals surface area contributed by atoms with Crippen molar-refractivity contribution >= 4 is 11.6 Å². The van der Waals surface area contributed by atoms with Crippen LogP contribution in [0.1, 0.15) is 20.8 Å². The molecule has 0 fully saturated rings. The Balaban J connectivity index is 2.71. The van der Waals surface area contributed by atoms with E-state index in [1.165, 1.54) is 0 Å². The van der Waals surface area contributed by atoms with Crippen molar-refractivity contribution in [1.29, 1.82) is 0 Å². The molecule has 0 atom stereocenters. The Morgan fingerprint density at radius 3 is 2.73 bits per heavy atom. The van der Waals surface area contributed by atoms with Crippen molar-refractivity contribution in [3.63, 3.8) is 0 Å². The van der Waals surface area contributed by atoms with Gasteiger partial charge in [-0.15, -0.1) is 0 Å². The summed E-state index contributed by atoms with van der Waals surface area (Å²) in [5, 5.41) is 3.22. The van der Waals surface area contributed by atoms with Gasteiger partial charge in [0.2, 0.25) is 0 Å². The lowest BCUT2D eigenvalue weighted by Crippen LogP contribution is -2.23. The first kappa shape index (κ1) is 11.8. The van der Waals surface area contributed by atoms with E-state index >= 15 is 0 Å². The fourth-order valence-electron chi connectivity index (χ4n) is 1.56. The van der Waals surface area contributed by atoms with Gasteiger partial charge < -0.3 is 10.2 Å². The highest BCUT2D eigenvalue weighted by atomic mass is 15.2. The minimum absolute atomic E-state index is 0.652. The van der Waals surface area contributed by atoms with Crippen molar-refractivity contribution < 1.29 is 0 Å². The lowest BCUT2D eigenvalue weighted by atomic mass is 10.2. The zero-order chi connectivity index (χ0) is 11.3. The molecule has 1 rings (SSSR count). The van der Waals surface area contributed by atoms with E-state index in [2.05, 4.69) is 43.0 Å². The molecule has 0 saturated heterocycles. The molecule has 0 amide bonds. The zero-order valence-corrected chi connectivity index (χ0v) is 10.1. The average molecular weight is 207 g/mol. The van der Waals surface area contributed by atoms with Crippen LogP contribution in [-0.2, 0) is 0 Å². The molecule has 0 aliphatic carbocycles. The summed E-state index contributed by atoms with van der Waals surface area (Å²) < 4.78 is 0. The van der Waals surface area contributed by atoms with E-state index < -0.39 is 0 Å². The third-order valence-electron chi connectivity index (χ3n) is 2.12. The predicted molar refractivity (Wildman–Crippen MR) is 66.5 cm³/mol. The molecule has 0 aliphatic rings. The van der Waals surface area contributed by atoms with Gasteiger partial charge in [-0.1, -0.05) is 19.9 Å². The molecule has 0 aliphatic heterocycles. The summed E-state index contributed by atoms with van der Waals surface area (Å²) in [7, 11) is 2.08. The SMILES string of the molecule is CCNc1cccc(N(C)CC(C)C)n1. The Kier molecular flexibility index (Phi) is 4.40. The summed E-state index contributed by atoms with van der Waals surface area (Å²) in [4.78, 5) is 6.72. The van der Waals surface area contributed by atoms with E-state index in [0.29, 0.717) is 5.92 Å².